The predicted octanol–water partition coefficient (Wildman–Crippen LogP) is 2.83. The van der Waals surface area contributed by atoms with Crippen LogP contribution in [-0.4, -0.2) is 20.2 Å². The molecular weight excluding hydrogens is 232 g/mol. The van der Waals surface area contributed by atoms with E-state index in [4.69, 9.17) is 14.2 Å². The van der Waals surface area contributed by atoms with Crippen LogP contribution in [0, 0.1) is 0 Å². The summed E-state index contributed by atoms with van der Waals surface area (Å²) < 4.78 is 15.6. The molecule has 1 rings (SSSR count). The Labute approximate surface area is 106 Å². The average molecular weight is 248 g/mol. The molecule has 0 aromatic heterocycles. The molecule has 96 valence electrons. The minimum atomic E-state index is -0.549. The molecule has 1 aromatic rings. The summed E-state index contributed by atoms with van der Waals surface area (Å²) in [5.74, 6) is 0.826. The normalized spacial score (nSPS) is 10.2. The van der Waals surface area contributed by atoms with Crippen molar-refractivity contribution >= 4 is 12.0 Å². The number of hydrogen-bond donors (Lipinski definition) is 0. The van der Waals surface area contributed by atoms with Gasteiger partial charge in [0.25, 0.3) is 0 Å². The van der Waals surface area contributed by atoms with Crippen LogP contribution in [0.5, 0.6) is 17.2 Å². The maximum Gasteiger partial charge on any atom is 0.335 e. The van der Waals surface area contributed by atoms with Crippen molar-refractivity contribution in [2.45, 2.75) is 6.92 Å². The van der Waals surface area contributed by atoms with Gasteiger partial charge < -0.3 is 14.2 Å². The molecule has 0 fully saturated rings. The van der Waals surface area contributed by atoms with E-state index >= 15 is 0 Å². The van der Waals surface area contributed by atoms with E-state index < -0.39 is 5.97 Å². The number of hydrogen-bond acceptors (Lipinski definition) is 4. The molecule has 0 spiro atoms. The van der Waals surface area contributed by atoms with Crippen LogP contribution in [0.1, 0.15) is 12.5 Å². The van der Waals surface area contributed by atoms with Crippen molar-refractivity contribution in [2.24, 2.45) is 0 Å². The molecule has 0 amide bonds. The van der Waals surface area contributed by atoms with Crippen LogP contribution in [0.4, 0.5) is 0 Å². The first kappa shape index (κ1) is 13.8. The molecule has 0 unspecified atom stereocenters. The van der Waals surface area contributed by atoms with Crippen molar-refractivity contribution in [1.29, 1.82) is 0 Å². The summed E-state index contributed by atoms with van der Waals surface area (Å²) in [4.78, 5) is 11.3. The fourth-order valence-corrected chi connectivity index (χ4v) is 1.47. The van der Waals surface area contributed by atoms with E-state index in [1.807, 2.05) is 13.0 Å². The number of rotatable bonds is 5. The number of methoxy groups -OCH3 is 2. The van der Waals surface area contributed by atoms with E-state index in [0.717, 1.165) is 6.08 Å². The lowest BCUT2D eigenvalue weighted by molar-refractivity contribution is -0.129. The summed E-state index contributed by atoms with van der Waals surface area (Å²) in [5.41, 5.74) is 0.648. The van der Waals surface area contributed by atoms with Crippen molar-refractivity contribution < 1.29 is 19.0 Å². The number of benzene rings is 1. The molecule has 0 aliphatic rings. The molecule has 0 saturated carbocycles. The first-order valence-corrected chi connectivity index (χ1v) is 5.39. The number of carbonyl (C=O) groups excluding carboxylic acids is 1. The third-order valence-electron chi connectivity index (χ3n) is 2.26. The number of allylic oxidation sites excluding steroid dienone is 1. The Kier molecular flexibility index (Phi) is 4.99. The molecule has 0 saturated heterocycles. The maximum atomic E-state index is 11.3. The Hall–Kier alpha value is -2.23. The van der Waals surface area contributed by atoms with E-state index in [1.54, 1.807) is 25.3 Å². The van der Waals surface area contributed by atoms with Crippen LogP contribution in [0.3, 0.4) is 0 Å². The van der Waals surface area contributed by atoms with Crippen LogP contribution in [0.25, 0.3) is 6.08 Å². The second-order valence-corrected chi connectivity index (χ2v) is 3.34. The molecule has 0 heterocycles. The summed E-state index contributed by atoms with van der Waals surface area (Å²) in [6.07, 6.45) is 4.70. The highest BCUT2D eigenvalue weighted by Crippen LogP contribution is 2.38. The lowest BCUT2D eigenvalue weighted by atomic mass is 10.1. The maximum absolute atomic E-state index is 11.3. The van der Waals surface area contributed by atoms with Crippen molar-refractivity contribution in [3.63, 3.8) is 0 Å². The molecular formula is C14H16O4. The minimum Gasteiger partial charge on any atom is -0.496 e. The third kappa shape index (κ3) is 2.91. The summed E-state index contributed by atoms with van der Waals surface area (Å²) in [6.45, 7) is 5.23. The second kappa shape index (κ2) is 6.49. The summed E-state index contributed by atoms with van der Waals surface area (Å²) in [7, 11) is 3.06. The highest BCUT2D eigenvalue weighted by Gasteiger charge is 2.16. The lowest BCUT2D eigenvalue weighted by Crippen LogP contribution is -2.06. The van der Waals surface area contributed by atoms with Crippen molar-refractivity contribution in [1.82, 2.24) is 0 Å². The summed E-state index contributed by atoms with van der Waals surface area (Å²) >= 11 is 0. The number of carbonyl (C=O) groups is 1. The monoisotopic (exact) mass is 248 g/mol. The van der Waals surface area contributed by atoms with Crippen LogP contribution in [-0.2, 0) is 4.79 Å². The topological polar surface area (TPSA) is 44.8 Å². The first-order valence-electron chi connectivity index (χ1n) is 5.39. The minimum absolute atomic E-state index is 0.319. The van der Waals surface area contributed by atoms with E-state index in [2.05, 4.69) is 6.58 Å². The van der Waals surface area contributed by atoms with Gasteiger partial charge in [0.1, 0.15) is 5.75 Å². The zero-order chi connectivity index (χ0) is 13.5. The highest BCUT2D eigenvalue weighted by molar-refractivity contribution is 5.85. The van der Waals surface area contributed by atoms with E-state index in [1.165, 1.54) is 7.11 Å². The summed E-state index contributed by atoms with van der Waals surface area (Å²) in [6, 6.07) is 3.43. The number of ether oxygens (including phenoxy) is 3. The zero-order valence-electron chi connectivity index (χ0n) is 10.7. The van der Waals surface area contributed by atoms with Crippen LogP contribution in [0.15, 0.2) is 30.9 Å². The predicted molar refractivity (Wildman–Crippen MR) is 70.1 cm³/mol. The zero-order valence-corrected chi connectivity index (χ0v) is 10.7. The molecule has 1 aromatic carbocycles. The van der Waals surface area contributed by atoms with Gasteiger partial charge in [0.2, 0.25) is 0 Å². The van der Waals surface area contributed by atoms with Crippen molar-refractivity contribution in [3.05, 3.63) is 36.4 Å². The molecule has 0 N–H and O–H groups in total. The average Bonchev–Trinajstić information content (AvgIpc) is 2.40. The standard InChI is InChI=1S/C14H16O4/c1-5-7-10-11(16-3)8-9-12(17-4)14(10)18-13(15)6-2/h5-9H,2H2,1,3-4H3/b7-5+. The van der Waals surface area contributed by atoms with Gasteiger partial charge in [-0.1, -0.05) is 18.7 Å². The quantitative estimate of drug-likeness (QED) is 0.456. The highest BCUT2D eigenvalue weighted by atomic mass is 16.6. The van der Waals surface area contributed by atoms with E-state index in [0.29, 0.717) is 22.8 Å². The van der Waals surface area contributed by atoms with E-state index in [9.17, 15) is 4.79 Å². The SMILES string of the molecule is C=CC(=O)Oc1c(OC)ccc(OC)c1/C=C/C. The molecule has 18 heavy (non-hydrogen) atoms. The van der Waals surface area contributed by atoms with Gasteiger partial charge >= 0.3 is 5.97 Å². The Morgan fingerprint density at radius 3 is 2.33 bits per heavy atom. The van der Waals surface area contributed by atoms with Gasteiger partial charge in [-0.05, 0) is 19.1 Å². The molecule has 0 radical (unpaired) electrons. The van der Waals surface area contributed by atoms with Crippen LogP contribution < -0.4 is 14.2 Å². The molecule has 4 heteroatoms. The van der Waals surface area contributed by atoms with Gasteiger partial charge in [-0.3, -0.25) is 0 Å². The smallest absolute Gasteiger partial charge is 0.335 e. The molecule has 0 aliphatic carbocycles. The van der Waals surface area contributed by atoms with Gasteiger partial charge in [-0.2, -0.15) is 0 Å². The molecule has 4 nitrogen and oxygen atoms in total. The van der Waals surface area contributed by atoms with E-state index in [-0.39, 0.29) is 0 Å². The van der Waals surface area contributed by atoms with Crippen molar-refractivity contribution in [3.8, 4) is 17.2 Å². The third-order valence-corrected chi connectivity index (χ3v) is 2.26. The Balaban J connectivity index is 3.39. The van der Waals surface area contributed by atoms with Gasteiger partial charge in [0.15, 0.2) is 11.5 Å². The Morgan fingerprint density at radius 2 is 1.83 bits per heavy atom. The molecule has 0 aliphatic heterocycles. The van der Waals surface area contributed by atoms with Gasteiger partial charge in [0, 0.05) is 6.08 Å². The molecule has 0 bridgehead atoms. The van der Waals surface area contributed by atoms with Gasteiger partial charge in [-0.25, -0.2) is 4.79 Å². The van der Waals surface area contributed by atoms with Crippen LogP contribution >= 0.6 is 0 Å². The van der Waals surface area contributed by atoms with Crippen molar-refractivity contribution in [2.75, 3.05) is 14.2 Å². The first-order chi connectivity index (χ1) is 8.67. The van der Waals surface area contributed by atoms with Gasteiger partial charge in [0.05, 0.1) is 19.8 Å². The number of esters is 1. The lowest BCUT2D eigenvalue weighted by Gasteiger charge is -2.14. The summed E-state index contributed by atoms with van der Waals surface area (Å²) in [5, 5.41) is 0. The van der Waals surface area contributed by atoms with Crippen LogP contribution in [0.2, 0.25) is 0 Å². The Bertz CT molecular complexity index is 475. The second-order valence-electron chi connectivity index (χ2n) is 3.34. The fraction of sp³-hybridized carbons (Fsp3) is 0.214. The van der Waals surface area contributed by atoms with Gasteiger partial charge in [-0.15, -0.1) is 0 Å². The largest absolute Gasteiger partial charge is 0.496 e. The fourth-order valence-electron chi connectivity index (χ4n) is 1.47. The molecule has 0 atom stereocenters. The Morgan fingerprint density at radius 1 is 1.22 bits per heavy atom.